The molecular weight excluding hydrogens is 450 g/mol. The molecule has 1 atom stereocenters. The standard InChI is InChI=1S/C16H28N4O5.C9H9N/c1-16(2,3)25-15(24)12(7-6-11(21)8-17)19-13(22)9-18-14(23)10-20(4)5;1-7-6-10-9-5-3-2-4-8(7)9/h8,12,17H,6-7,9-10H2,1-5H3,(H,18,23)(H,19,22);2-6,10H,1H3. The van der Waals surface area contributed by atoms with Gasteiger partial charge in [-0.1, -0.05) is 18.2 Å². The van der Waals surface area contributed by atoms with Gasteiger partial charge >= 0.3 is 5.97 Å². The SMILES string of the molecule is CN(C)CC(=O)NCC(=O)NC(CCC(=O)C=N)C(=O)OC(C)(C)C.Cc1c[nH]c2ccccc12. The molecule has 0 saturated carbocycles. The van der Waals surface area contributed by atoms with Gasteiger partial charge < -0.3 is 30.7 Å². The van der Waals surface area contributed by atoms with Crippen molar-refractivity contribution in [3.8, 4) is 0 Å². The van der Waals surface area contributed by atoms with Gasteiger partial charge in [-0.15, -0.1) is 0 Å². The fourth-order valence-corrected chi connectivity index (χ4v) is 2.96. The molecule has 192 valence electrons. The normalized spacial score (nSPS) is 11.7. The average molecular weight is 488 g/mol. The van der Waals surface area contributed by atoms with Crippen molar-refractivity contribution in [2.45, 2.75) is 52.2 Å². The molecule has 0 radical (unpaired) electrons. The van der Waals surface area contributed by atoms with Crippen LogP contribution in [0.15, 0.2) is 30.5 Å². The van der Waals surface area contributed by atoms with E-state index in [0.717, 1.165) is 0 Å². The highest BCUT2D eigenvalue weighted by molar-refractivity contribution is 6.26. The Labute approximate surface area is 206 Å². The van der Waals surface area contributed by atoms with Gasteiger partial charge in [0.15, 0.2) is 5.78 Å². The molecule has 10 nitrogen and oxygen atoms in total. The van der Waals surface area contributed by atoms with Gasteiger partial charge in [-0.05, 0) is 59.8 Å². The van der Waals surface area contributed by atoms with Crippen LogP contribution in [-0.2, 0) is 23.9 Å². The average Bonchev–Trinajstić information content (AvgIpc) is 3.14. The van der Waals surface area contributed by atoms with E-state index in [2.05, 4.69) is 40.7 Å². The number of hydrogen-bond donors (Lipinski definition) is 4. The molecule has 4 N–H and O–H groups in total. The van der Waals surface area contributed by atoms with Gasteiger partial charge in [0, 0.05) is 23.5 Å². The third kappa shape index (κ3) is 11.9. The first-order valence-corrected chi connectivity index (χ1v) is 11.3. The van der Waals surface area contributed by atoms with Crippen LogP contribution in [0.1, 0.15) is 39.2 Å². The van der Waals surface area contributed by atoms with Gasteiger partial charge in [-0.3, -0.25) is 14.4 Å². The molecular formula is C25H37N5O5. The van der Waals surface area contributed by atoms with Crippen molar-refractivity contribution in [2.75, 3.05) is 27.2 Å². The van der Waals surface area contributed by atoms with E-state index >= 15 is 0 Å². The lowest BCUT2D eigenvalue weighted by atomic mass is 10.1. The number of ether oxygens (including phenoxy) is 1. The van der Waals surface area contributed by atoms with Crippen molar-refractivity contribution in [1.29, 1.82) is 5.41 Å². The van der Waals surface area contributed by atoms with Crippen LogP contribution in [0.2, 0.25) is 0 Å². The molecule has 0 spiro atoms. The summed E-state index contributed by atoms with van der Waals surface area (Å²) in [6.45, 7) is 7.02. The highest BCUT2D eigenvalue weighted by Crippen LogP contribution is 2.15. The Kier molecular flexibility index (Phi) is 11.8. The lowest BCUT2D eigenvalue weighted by Gasteiger charge is -2.24. The van der Waals surface area contributed by atoms with Crippen LogP contribution in [0.4, 0.5) is 0 Å². The minimum atomic E-state index is -1.03. The van der Waals surface area contributed by atoms with Crippen LogP contribution >= 0.6 is 0 Å². The zero-order chi connectivity index (χ0) is 26.6. The highest BCUT2D eigenvalue weighted by Gasteiger charge is 2.27. The van der Waals surface area contributed by atoms with Crippen molar-refractivity contribution in [3.63, 3.8) is 0 Å². The van der Waals surface area contributed by atoms with Crippen LogP contribution in [-0.4, -0.2) is 78.5 Å². The molecule has 0 aliphatic carbocycles. The van der Waals surface area contributed by atoms with E-state index in [9.17, 15) is 19.2 Å². The maximum atomic E-state index is 12.2. The van der Waals surface area contributed by atoms with Crippen molar-refractivity contribution >= 4 is 40.7 Å². The van der Waals surface area contributed by atoms with E-state index in [1.54, 1.807) is 39.8 Å². The predicted molar refractivity (Wildman–Crippen MR) is 135 cm³/mol. The number of nitrogens with one attached hydrogen (secondary N) is 4. The zero-order valence-electron chi connectivity index (χ0n) is 21.4. The van der Waals surface area contributed by atoms with E-state index in [0.29, 0.717) is 6.21 Å². The van der Waals surface area contributed by atoms with Crippen LogP contribution in [0.5, 0.6) is 0 Å². The van der Waals surface area contributed by atoms with Crippen molar-refractivity contribution in [1.82, 2.24) is 20.5 Å². The Morgan fingerprint density at radius 3 is 2.37 bits per heavy atom. The smallest absolute Gasteiger partial charge is 0.329 e. The summed E-state index contributed by atoms with van der Waals surface area (Å²) in [5.41, 5.74) is 1.79. The van der Waals surface area contributed by atoms with Crippen LogP contribution in [0.3, 0.4) is 0 Å². The molecule has 1 heterocycles. The van der Waals surface area contributed by atoms with Crippen molar-refractivity contribution in [3.05, 3.63) is 36.0 Å². The second-order valence-electron chi connectivity index (χ2n) is 9.33. The number of ketones is 1. The summed E-state index contributed by atoms with van der Waals surface area (Å²) in [4.78, 5) is 51.8. The third-order valence-electron chi connectivity index (χ3n) is 4.57. The molecule has 0 saturated heterocycles. The molecule has 1 aromatic heterocycles. The lowest BCUT2D eigenvalue weighted by Crippen LogP contribution is -2.48. The number of amides is 2. The fraction of sp³-hybridized carbons (Fsp3) is 0.480. The van der Waals surface area contributed by atoms with Crippen LogP contribution < -0.4 is 10.6 Å². The zero-order valence-corrected chi connectivity index (χ0v) is 21.4. The van der Waals surface area contributed by atoms with E-state index < -0.39 is 29.3 Å². The highest BCUT2D eigenvalue weighted by atomic mass is 16.6. The van der Waals surface area contributed by atoms with E-state index in [4.69, 9.17) is 10.1 Å². The van der Waals surface area contributed by atoms with Crippen LogP contribution in [0, 0.1) is 12.3 Å². The summed E-state index contributed by atoms with van der Waals surface area (Å²) in [7, 11) is 3.44. The maximum Gasteiger partial charge on any atom is 0.329 e. The molecule has 0 bridgehead atoms. The first-order valence-electron chi connectivity index (χ1n) is 11.3. The number of aryl methyl sites for hydroxylation is 1. The molecule has 2 amide bonds. The molecule has 0 aliphatic rings. The molecule has 35 heavy (non-hydrogen) atoms. The van der Waals surface area contributed by atoms with E-state index in [1.807, 2.05) is 12.3 Å². The van der Waals surface area contributed by atoms with E-state index in [1.165, 1.54) is 16.5 Å². The van der Waals surface area contributed by atoms with Gasteiger partial charge in [0.1, 0.15) is 11.6 Å². The first-order chi connectivity index (χ1) is 16.3. The number of rotatable bonds is 10. The number of fused-ring (bicyclic) bond motifs is 1. The van der Waals surface area contributed by atoms with Crippen LogP contribution in [0.25, 0.3) is 10.9 Å². The minimum absolute atomic E-state index is 0.0144. The molecule has 2 rings (SSSR count). The Bertz CT molecular complexity index is 1020. The Hall–Kier alpha value is -3.53. The number of H-pyrrole nitrogens is 1. The van der Waals surface area contributed by atoms with Gasteiger partial charge in [0.05, 0.1) is 19.3 Å². The number of nitrogens with zero attached hydrogens (tertiary/aromatic N) is 1. The van der Waals surface area contributed by atoms with Crippen molar-refractivity contribution < 1.29 is 23.9 Å². The summed E-state index contributed by atoms with van der Waals surface area (Å²) in [6, 6.07) is 7.28. The number of likely N-dealkylation sites (N-methyl/N-ethyl adjacent to an activating group) is 1. The predicted octanol–water partition coefficient (Wildman–Crippen LogP) is 1.97. The van der Waals surface area contributed by atoms with Gasteiger partial charge in [0.25, 0.3) is 0 Å². The lowest BCUT2D eigenvalue weighted by molar-refractivity contribution is -0.158. The Balaban J connectivity index is 0.000000497. The second-order valence-corrected chi connectivity index (χ2v) is 9.33. The summed E-state index contributed by atoms with van der Waals surface area (Å²) < 4.78 is 5.23. The fourth-order valence-electron chi connectivity index (χ4n) is 2.96. The summed E-state index contributed by atoms with van der Waals surface area (Å²) in [6.07, 6.45) is 2.64. The number of esters is 1. The largest absolute Gasteiger partial charge is 0.458 e. The third-order valence-corrected chi connectivity index (χ3v) is 4.57. The quantitative estimate of drug-likeness (QED) is 0.298. The summed E-state index contributed by atoms with van der Waals surface area (Å²) >= 11 is 0. The van der Waals surface area contributed by atoms with Gasteiger partial charge in [0.2, 0.25) is 11.8 Å². The topological polar surface area (TPSA) is 144 Å². The number of aromatic amines is 1. The number of benzene rings is 1. The van der Waals surface area contributed by atoms with Crippen molar-refractivity contribution in [2.24, 2.45) is 0 Å². The molecule has 2 aromatic rings. The molecule has 0 fully saturated rings. The molecule has 0 aliphatic heterocycles. The number of Topliss-reactive ketones (excluding diaryl/α,β-unsaturated/α-hetero) is 1. The number of carbonyl (C=O) groups excluding carboxylic acids is 4. The number of hydrogen-bond acceptors (Lipinski definition) is 7. The monoisotopic (exact) mass is 487 g/mol. The second kappa shape index (κ2) is 14.0. The Morgan fingerprint density at radius 1 is 1.14 bits per heavy atom. The first kappa shape index (κ1) is 29.5. The molecule has 1 aromatic carbocycles. The summed E-state index contributed by atoms with van der Waals surface area (Å²) in [5.74, 6) is -2.02. The number of para-hydroxylation sites is 1. The van der Waals surface area contributed by atoms with Gasteiger partial charge in [-0.25, -0.2) is 4.79 Å². The number of carbonyl (C=O) groups is 4. The Morgan fingerprint density at radius 2 is 1.80 bits per heavy atom. The minimum Gasteiger partial charge on any atom is -0.458 e. The molecule has 1 unspecified atom stereocenters. The molecule has 10 heteroatoms. The van der Waals surface area contributed by atoms with E-state index in [-0.39, 0.29) is 31.8 Å². The van der Waals surface area contributed by atoms with Gasteiger partial charge in [-0.2, -0.15) is 0 Å². The summed E-state index contributed by atoms with van der Waals surface area (Å²) in [5, 5.41) is 13.1. The maximum absolute atomic E-state index is 12.2. The number of aromatic nitrogens is 1.